The third kappa shape index (κ3) is 1.84. The van der Waals surface area contributed by atoms with Crippen LogP contribution in [0.4, 0.5) is 11.9 Å². The van der Waals surface area contributed by atoms with Crippen LogP contribution < -0.4 is 16.4 Å². The number of nitrogens with two attached hydrogens (primary N) is 2. The van der Waals surface area contributed by atoms with Crippen molar-refractivity contribution in [3.8, 4) is 0 Å². The summed E-state index contributed by atoms with van der Waals surface area (Å²) in [4.78, 5) is 15.8. The lowest BCUT2D eigenvalue weighted by molar-refractivity contribution is -0.116. The highest BCUT2D eigenvalue weighted by atomic mass is 16.1. The highest BCUT2D eigenvalue weighted by Crippen LogP contribution is 2.03. The second kappa shape index (κ2) is 3.07. The molecule has 7 nitrogen and oxygen atoms in total. The van der Waals surface area contributed by atoms with E-state index in [9.17, 15) is 4.79 Å². The molecule has 12 heavy (non-hydrogen) atoms. The van der Waals surface area contributed by atoms with Crippen molar-refractivity contribution in [1.29, 1.82) is 0 Å². The third-order valence-electron chi connectivity index (χ3n) is 1.23. The highest BCUT2D eigenvalue weighted by Gasteiger charge is 2.08. The molecule has 0 fully saturated rings. The van der Waals surface area contributed by atoms with Crippen LogP contribution in [0.1, 0.15) is 0 Å². The summed E-state index contributed by atoms with van der Waals surface area (Å²) in [6.07, 6.45) is 0. The molecule has 1 rings (SSSR count). The monoisotopic (exact) mass is 170 g/mol. The first kappa shape index (κ1) is 8.31. The maximum atomic E-state index is 10.5. The zero-order valence-corrected chi connectivity index (χ0v) is 6.61. The Morgan fingerprint density at radius 2 is 2.42 bits per heavy atom. The van der Waals surface area contributed by atoms with Crippen LogP contribution in [0.2, 0.25) is 0 Å². The van der Waals surface area contributed by atoms with Gasteiger partial charge in [0.25, 0.3) is 0 Å². The molecule has 1 amide bonds. The summed E-state index contributed by atoms with van der Waals surface area (Å²) in [6, 6.07) is 0. The topological polar surface area (TPSA) is 114 Å². The summed E-state index contributed by atoms with van der Waals surface area (Å²) < 4.78 is 0. The summed E-state index contributed by atoms with van der Waals surface area (Å²) >= 11 is 0. The molecule has 0 spiro atoms. The van der Waals surface area contributed by atoms with E-state index in [-0.39, 0.29) is 12.5 Å². The van der Waals surface area contributed by atoms with Gasteiger partial charge in [-0.05, 0) is 0 Å². The van der Waals surface area contributed by atoms with E-state index in [1.54, 1.807) is 7.05 Å². The summed E-state index contributed by atoms with van der Waals surface area (Å²) in [5, 5.41) is 6.17. The number of hydrogen-bond donors (Lipinski definition) is 3. The van der Waals surface area contributed by atoms with Gasteiger partial charge in [-0.2, -0.15) is 4.98 Å². The van der Waals surface area contributed by atoms with E-state index < -0.39 is 5.91 Å². The lowest BCUT2D eigenvalue weighted by Crippen LogP contribution is -2.31. The highest BCUT2D eigenvalue weighted by molar-refractivity contribution is 5.78. The van der Waals surface area contributed by atoms with Gasteiger partial charge in [0.2, 0.25) is 17.8 Å². The zero-order chi connectivity index (χ0) is 9.14. The van der Waals surface area contributed by atoms with E-state index in [0.717, 1.165) is 0 Å². The molecule has 7 heteroatoms. The van der Waals surface area contributed by atoms with Crippen LogP contribution in [0.25, 0.3) is 0 Å². The number of carbonyl (C=O) groups is 1. The normalized spacial score (nSPS) is 9.75. The SMILES string of the molecule is CN(CC(N)=O)c1n[nH]c(N)n1. The van der Waals surface area contributed by atoms with E-state index in [2.05, 4.69) is 15.2 Å². The first-order valence-electron chi connectivity index (χ1n) is 3.27. The second-order valence-corrected chi connectivity index (χ2v) is 2.34. The minimum absolute atomic E-state index is 0.0668. The molecule has 0 aromatic carbocycles. The molecule has 0 atom stereocenters. The number of anilines is 2. The van der Waals surface area contributed by atoms with Crippen molar-refractivity contribution in [2.75, 3.05) is 24.2 Å². The number of amides is 1. The predicted molar refractivity (Wildman–Crippen MR) is 43.3 cm³/mol. The zero-order valence-electron chi connectivity index (χ0n) is 6.61. The van der Waals surface area contributed by atoms with Crippen molar-refractivity contribution >= 4 is 17.8 Å². The molecule has 0 aliphatic heterocycles. The fourth-order valence-corrected chi connectivity index (χ4v) is 0.740. The van der Waals surface area contributed by atoms with Gasteiger partial charge in [-0.15, -0.1) is 5.10 Å². The Labute approximate surface area is 68.7 Å². The number of primary amides is 1. The first-order chi connectivity index (χ1) is 5.59. The van der Waals surface area contributed by atoms with Crippen LogP contribution in [0, 0.1) is 0 Å². The molecule has 0 unspecified atom stereocenters. The first-order valence-corrected chi connectivity index (χ1v) is 3.27. The van der Waals surface area contributed by atoms with Gasteiger partial charge in [0.1, 0.15) is 0 Å². The van der Waals surface area contributed by atoms with Crippen molar-refractivity contribution in [2.45, 2.75) is 0 Å². The Kier molecular flexibility index (Phi) is 2.13. The molecule has 0 bridgehead atoms. The van der Waals surface area contributed by atoms with Gasteiger partial charge in [0.05, 0.1) is 6.54 Å². The maximum absolute atomic E-state index is 10.5. The quantitative estimate of drug-likeness (QED) is 0.500. The van der Waals surface area contributed by atoms with Gasteiger partial charge in [0, 0.05) is 7.05 Å². The van der Waals surface area contributed by atoms with Gasteiger partial charge in [-0.1, -0.05) is 0 Å². The molecule has 0 saturated heterocycles. The molecule has 1 aromatic heterocycles. The largest absolute Gasteiger partial charge is 0.368 e. The van der Waals surface area contributed by atoms with E-state index in [1.165, 1.54) is 4.90 Å². The molecule has 0 aliphatic rings. The number of hydrogen-bond acceptors (Lipinski definition) is 5. The molecular formula is C5H10N6O. The molecule has 66 valence electrons. The molecule has 0 saturated carbocycles. The Morgan fingerprint density at radius 1 is 1.75 bits per heavy atom. The number of rotatable bonds is 3. The molecule has 1 heterocycles. The number of likely N-dealkylation sites (N-methyl/N-ethyl adjacent to an activating group) is 1. The Bertz CT molecular complexity index is 281. The van der Waals surface area contributed by atoms with Crippen LogP contribution in [-0.2, 0) is 4.79 Å². The molecular weight excluding hydrogens is 160 g/mol. The summed E-state index contributed by atoms with van der Waals surface area (Å²) in [5.41, 5.74) is 10.2. The Hall–Kier alpha value is -1.79. The number of nitrogens with zero attached hydrogens (tertiary/aromatic N) is 3. The number of carbonyl (C=O) groups excluding carboxylic acids is 1. The third-order valence-corrected chi connectivity index (χ3v) is 1.23. The number of aromatic nitrogens is 3. The average Bonchev–Trinajstić information content (AvgIpc) is 2.34. The maximum Gasteiger partial charge on any atom is 0.246 e. The standard InChI is InChI=1S/C5H10N6O/c1-11(2-3(6)12)5-8-4(7)9-10-5/h2H2,1H3,(H2,6,12)(H3,7,8,9,10). The van der Waals surface area contributed by atoms with E-state index in [1.807, 2.05) is 0 Å². The fourth-order valence-electron chi connectivity index (χ4n) is 0.740. The Balaban J connectivity index is 2.64. The Morgan fingerprint density at radius 3 is 2.83 bits per heavy atom. The molecule has 1 aromatic rings. The van der Waals surface area contributed by atoms with Crippen LogP contribution in [0.3, 0.4) is 0 Å². The average molecular weight is 170 g/mol. The molecule has 0 aliphatic carbocycles. The van der Waals surface area contributed by atoms with Crippen LogP contribution in [0.5, 0.6) is 0 Å². The van der Waals surface area contributed by atoms with Crippen LogP contribution in [0.15, 0.2) is 0 Å². The van der Waals surface area contributed by atoms with Gasteiger partial charge in [-0.3, -0.25) is 4.79 Å². The minimum Gasteiger partial charge on any atom is -0.368 e. The van der Waals surface area contributed by atoms with E-state index in [0.29, 0.717) is 5.95 Å². The fraction of sp³-hybridized carbons (Fsp3) is 0.400. The summed E-state index contributed by atoms with van der Waals surface area (Å²) in [5.74, 6) is 0.119. The van der Waals surface area contributed by atoms with Gasteiger partial charge in [0.15, 0.2) is 0 Å². The van der Waals surface area contributed by atoms with Crippen molar-refractivity contribution in [2.24, 2.45) is 5.73 Å². The molecule has 0 radical (unpaired) electrons. The van der Waals surface area contributed by atoms with Crippen molar-refractivity contribution in [3.63, 3.8) is 0 Å². The van der Waals surface area contributed by atoms with E-state index in [4.69, 9.17) is 11.5 Å². The van der Waals surface area contributed by atoms with Gasteiger partial charge < -0.3 is 16.4 Å². The number of nitrogen functional groups attached to an aromatic ring is 1. The van der Waals surface area contributed by atoms with Crippen molar-refractivity contribution in [3.05, 3.63) is 0 Å². The number of H-pyrrole nitrogens is 1. The second-order valence-electron chi connectivity index (χ2n) is 2.34. The number of aromatic amines is 1. The summed E-state index contributed by atoms with van der Waals surface area (Å²) in [6.45, 7) is 0.0668. The lowest BCUT2D eigenvalue weighted by Gasteiger charge is -2.10. The van der Waals surface area contributed by atoms with E-state index >= 15 is 0 Å². The summed E-state index contributed by atoms with van der Waals surface area (Å²) in [7, 11) is 1.65. The predicted octanol–water partition coefficient (Wildman–Crippen LogP) is -1.69. The van der Waals surface area contributed by atoms with Gasteiger partial charge in [-0.25, -0.2) is 5.10 Å². The van der Waals surface area contributed by atoms with Crippen LogP contribution in [-0.4, -0.2) is 34.7 Å². The van der Waals surface area contributed by atoms with Crippen LogP contribution >= 0.6 is 0 Å². The van der Waals surface area contributed by atoms with Gasteiger partial charge >= 0.3 is 0 Å². The molecule has 5 N–H and O–H groups in total. The number of nitrogens with one attached hydrogen (secondary N) is 1. The smallest absolute Gasteiger partial charge is 0.246 e. The van der Waals surface area contributed by atoms with Crippen molar-refractivity contribution < 1.29 is 4.79 Å². The minimum atomic E-state index is -0.444. The lowest BCUT2D eigenvalue weighted by atomic mass is 10.5. The van der Waals surface area contributed by atoms with Crippen molar-refractivity contribution in [1.82, 2.24) is 15.2 Å².